The first-order chi connectivity index (χ1) is 61.4. The van der Waals surface area contributed by atoms with Crippen molar-refractivity contribution in [2.75, 3.05) is 28.4 Å². The van der Waals surface area contributed by atoms with E-state index in [0.717, 1.165) is 105 Å². The molecule has 0 radical (unpaired) electrons. The lowest BCUT2D eigenvalue weighted by Gasteiger charge is -2.12. The summed E-state index contributed by atoms with van der Waals surface area (Å²) in [6, 6.07) is 33.0. The molecule has 1 N–H and O–H groups in total. The second-order valence-electron chi connectivity index (χ2n) is 29.9. The lowest BCUT2D eigenvalue weighted by molar-refractivity contribution is 0.416. The highest BCUT2D eigenvalue weighted by atomic mass is 19.1. The van der Waals surface area contributed by atoms with E-state index in [-0.39, 0.29) is 28.6 Å². The third-order valence-electron chi connectivity index (χ3n) is 22.3. The first-order valence-electron chi connectivity index (χ1n) is 39.2. The smallest absolute Gasteiger partial charge is 0.334 e. The standard InChI is InChI=1S/C25H20N6O2.C23H19N7O2.C21H18FN7O2.C20H15F2N7O2/c1-29-14-16(12-27-29)17-10-18-20(11-22(17)33-3)26-13-21-24(18)31(25(32)30(21)2)23-9-8-15-6-4-5-7-19(15)28-23;1-28-12-14(10-26-28)15-8-16-17(9-19(15)32-3)25-11-18-21(16)30(23(31)29(18)2)20-5-4-13-6-7-24-22(13)27-20;1-11-7-23-8-14(22)19(11)29-20-13-5-12(16-9-25-28(3)26-16)18(31-4)6-15(13)24-10-17(20)27(2)21(29)30;1-27-16-9-23-14-6-17(31-3)11(15-8-25-28(2)26-15)5-12(14)18(16)29(20(27)30)19-13(22)4-10(21)7-24-19/h4-14H,1-3H3;4-12H,1-3H3,(H,24,27);5-10H,1-4H3;4-9H,1-3H3. The Morgan fingerprint density at radius 3 is 1.24 bits per heavy atom. The average Bonchev–Trinajstić information content (AvgIpc) is 1.68. The average molecular weight is 1700 g/mol. The third kappa shape index (κ3) is 13.4. The predicted octanol–water partition coefficient (Wildman–Crippen LogP) is 11.9. The number of para-hydroxylation sites is 1. The number of fused-ring (bicyclic) bond motifs is 14. The van der Waals surface area contributed by atoms with Crippen LogP contribution in [0.3, 0.4) is 0 Å². The Morgan fingerprint density at radius 2 is 0.803 bits per heavy atom. The van der Waals surface area contributed by atoms with Crippen LogP contribution >= 0.6 is 0 Å². The SMILES string of the molecule is COc1cc2ncc3c(c2cc1-c1cnn(C)c1)n(-c1ccc2cc[nH]c2n1)c(=O)n3C.COc1cc2ncc3c(c2cc1-c1cnn(C)c1)n(-c1ccc2ccccc2n1)c(=O)n3C.COc1cc2ncc3c(c2cc1-c1cnn(C)n1)n(-c1c(C)cncc1F)c(=O)n3C.COc1cc2ncc3c(c2cc1-c1cnn(C)n1)n(-c1ncc(F)cc1F)c(=O)n3C. The number of rotatable bonds is 12. The molecule has 127 heavy (non-hydrogen) atoms. The van der Waals surface area contributed by atoms with E-state index >= 15 is 0 Å². The van der Waals surface area contributed by atoms with Crippen molar-refractivity contribution >= 4 is 110 Å². The molecule has 5 aromatic carbocycles. The van der Waals surface area contributed by atoms with Crippen molar-refractivity contribution in [3.05, 3.63) is 261 Å². The normalized spacial score (nSPS) is 11.6. The van der Waals surface area contributed by atoms with E-state index in [1.54, 1.807) is 160 Å². The summed E-state index contributed by atoms with van der Waals surface area (Å²) in [5.74, 6) is 0.884. The molecule has 22 rings (SSSR count). The largest absolute Gasteiger partial charge is 0.496 e. The van der Waals surface area contributed by atoms with Gasteiger partial charge in [-0.3, -0.25) is 57.1 Å². The molecule has 0 saturated carbocycles. The first-order valence-corrected chi connectivity index (χ1v) is 39.2. The Labute approximate surface area is 712 Å². The van der Waals surface area contributed by atoms with E-state index in [9.17, 15) is 32.3 Å². The van der Waals surface area contributed by atoms with Crippen LogP contribution in [-0.4, -0.2) is 159 Å². The minimum Gasteiger partial charge on any atom is -0.496 e. The summed E-state index contributed by atoms with van der Waals surface area (Å²) in [6.07, 6.45) is 22.5. The summed E-state index contributed by atoms with van der Waals surface area (Å²) in [7, 11) is 20.2. The van der Waals surface area contributed by atoms with E-state index in [2.05, 4.69) is 70.5 Å². The fraction of sp³-hybridized carbons (Fsp3) is 0.146. The summed E-state index contributed by atoms with van der Waals surface area (Å²) < 4.78 is 80.5. The van der Waals surface area contributed by atoms with Crippen molar-refractivity contribution in [1.29, 1.82) is 0 Å². The molecule has 17 heterocycles. The van der Waals surface area contributed by atoms with E-state index in [1.807, 2.05) is 118 Å². The van der Waals surface area contributed by atoms with Crippen LogP contribution in [0.15, 0.2) is 215 Å². The maximum Gasteiger partial charge on any atom is 0.334 e. The molecular formula is C89H72F3N27O8. The van der Waals surface area contributed by atoms with Crippen molar-refractivity contribution in [1.82, 2.24) is 131 Å². The molecule has 0 amide bonds. The molecule has 35 nitrogen and oxygen atoms in total. The van der Waals surface area contributed by atoms with Crippen LogP contribution in [0, 0.1) is 24.4 Å². The molecule has 17 aromatic heterocycles. The number of aromatic amines is 1. The zero-order valence-corrected chi connectivity index (χ0v) is 70.0. The maximum atomic E-state index is 14.8. The lowest BCUT2D eigenvalue weighted by Crippen LogP contribution is -2.22. The summed E-state index contributed by atoms with van der Waals surface area (Å²) >= 11 is 0. The van der Waals surface area contributed by atoms with Crippen molar-refractivity contribution in [3.8, 4) is 90.9 Å². The molecule has 22 aromatic rings. The number of nitrogens with zero attached hydrogens (tertiary/aromatic N) is 26. The summed E-state index contributed by atoms with van der Waals surface area (Å²) in [6.45, 7) is 1.72. The number of aromatic nitrogens is 27. The summed E-state index contributed by atoms with van der Waals surface area (Å²) in [4.78, 5) is 94.2. The van der Waals surface area contributed by atoms with E-state index in [0.29, 0.717) is 113 Å². The number of pyridine rings is 8. The number of imidazole rings is 4. The molecule has 0 fully saturated rings. The van der Waals surface area contributed by atoms with Gasteiger partial charge in [-0.1, -0.05) is 18.2 Å². The van der Waals surface area contributed by atoms with Crippen LogP contribution < -0.4 is 41.7 Å². The number of hydrogen-bond acceptors (Lipinski definition) is 22. The summed E-state index contributed by atoms with van der Waals surface area (Å²) in [5, 5.41) is 30.4. The van der Waals surface area contributed by atoms with E-state index in [4.69, 9.17) is 23.9 Å². The maximum absolute atomic E-state index is 14.8. The van der Waals surface area contributed by atoms with Crippen LogP contribution in [0.4, 0.5) is 13.2 Å². The van der Waals surface area contributed by atoms with Crippen LogP contribution in [0.25, 0.3) is 178 Å². The number of ether oxygens (including phenoxy) is 4. The molecule has 632 valence electrons. The number of halogens is 3. The van der Waals surface area contributed by atoms with Crippen molar-refractivity contribution in [3.63, 3.8) is 0 Å². The van der Waals surface area contributed by atoms with Gasteiger partial charge in [0.15, 0.2) is 17.5 Å². The third-order valence-corrected chi connectivity index (χ3v) is 22.3. The second kappa shape index (κ2) is 31.1. The highest BCUT2D eigenvalue weighted by Crippen LogP contribution is 2.42. The molecule has 38 heteroatoms. The van der Waals surface area contributed by atoms with Gasteiger partial charge in [0, 0.05) is 177 Å². The molecule has 0 aliphatic rings. The minimum absolute atomic E-state index is 0.162. The van der Waals surface area contributed by atoms with Crippen molar-refractivity contribution in [2.45, 2.75) is 6.92 Å². The summed E-state index contributed by atoms with van der Waals surface area (Å²) in [5.41, 5.74) is 14.5. The predicted molar refractivity (Wildman–Crippen MR) is 471 cm³/mol. The Bertz CT molecular complexity index is 8530. The van der Waals surface area contributed by atoms with Gasteiger partial charge >= 0.3 is 22.8 Å². The molecule has 0 atom stereocenters. The van der Waals surface area contributed by atoms with Crippen molar-refractivity contribution in [2.24, 2.45) is 56.4 Å². The Hall–Kier alpha value is -17.1. The van der Waals surface area contributed by atoms with Crippen LogP contribution in [-0.2, 0) is 56.4 Å². The Morgan fingerprint density at radius 1 is 0.378 bits per heavy atom. The lowest BCUT2D eigenvalue weighted by atomic mass is 10.0. The van der Waals surface area contributed by atoms with Crippen LogP contribution in [0.5, 0.6) is 23.0 Å². The van der Waals surface area contributed by atoms with E-state index < -0.39 is 23.1 Å². The van der Waals surface area contributed by atoms with Gasteiger partial charge in [0.1, 0.15) is 57.5 Å². The highest BCUT2D eigenvalue weighted by Gasteiger charge is 2.28. The number of aryl methyl sites for hydroxylation is 9. The van der Waals surface area contributed by atoms with Crippen LogP contribution in [0.1, 0.15) is 5.56 Å². The zero-order chi connectivity index (χ0) is 88.4. The van der Waals surface area contributed by atoms with Gasteiger partial charge in [-0.15, -0.1) is 0 Å². The topological polar surface area (TPSA) is 361 Å². The first kappa shape index (κ1) is 79.7. The fourth-order valence-corrected chi connectivity index (χ4v) is 16.1. The van der Waals surface area contributed by atoms with Gasteiger partial charge in [0.2, 0.25) is 0 Å². The fourth-order valence-electron chi connectivity index (χ4n) is 16.1. The highest BCUT2D eigenvalue weighted by molar-refractivity contribution is 6.09. The second-order valence-corrected chi connectivity index (χ2v) is 29.9. The molecule has 0 unspecified atom stereocenters. The quantitative estimate of drug-likeness (QED) is 0.119. The Balaban J connectivity index is 0.000000110. The zero-order valence-electron chi connectivity index (χ0n) is 70.0. The van der Waals surface area contributed by atoms with Gasteiger partial charge in [-0.05, 0) is 73.2 Å². The van der Waals surface area contributed by atoms with Gasteiger partial charge in [-0.25, -0.2) is 61.0 Å². The minimum atomic E-state index is -0.956. The van der Waals surface area contributed by atoms with Gasteiger partial charge < -0.3 is 23.9 Å². The number of hydrogen-bond donors (Lipinski definition) is 1. The van der Waals surface area contributed by atoms with Gasteiger partial charge in [0.25, 0.3) is 0 Å². The monoisotopic (exact) mass is 1700 g/mol. The van der Waals surface area contributed by atoms with Gasteiger partial charge in [0.05, 0.1) is 168 Å². The number of H-pyrrole nitrogens is 1. The van der Waals surface area contributed by atoms with Crippen molar-refractivity contribution < 1.29 is 32.1 Å². The molecule has 0 aliphatic carbocycles. The molecule has 0 bridgehead atoms. The molecule has 0 saturated heterocycles. The van der Waals surface area contributed by atoms with Gasteiger partial charge in [-0.2, -0.15) is 40.2 Å². The molecular weight excluding hydrogens is 1630 g/mol. The number of benzene rings is 5. The number of nitrogens with one attached hydrogen (secondary N) is 1. The van der Waals surface area contributed by atoms with E-state index in [1.165, 1.54) is 42.8 Å². The molecule has 0 spiro atoms. The Kier molecular flexibility index (Phi) is 19.5. The molecule has 0 aliphatic heterocycles. The van der Waals surface area contributed by atoms with Crippen LogP contribution in [0.2, 0.25) is 0 Å². The number of methoxy groups -OCH3 is 4.